The van der Waals surface area contributed by atoms with Gasteiger partial charge < -0.3 is 14.6 Å². The average Bonchev–Trinajstić information content (AvgIpc) is 2.97. The Morgan fingerprint density at radius 1 is 1.53 bits per heavy atom. The quantitative estimate of drug-likeness (QED) is 0.688. The van der Waals surface area contributed by atoms with Crippen LogP contribution < -0.4 is 5.32 Å². The average molecular weight is 211 g/mol. The zero-order valence-corrected chi connectivity index (χ0v) is 9.03. The number of nitrogens with zero attached hydrogens (tertiary/aromatic N) is 2. The number of aromatic nitrogens is 2. The molecule has 1 fully saturated rings. The summed E-state index contributed by atoms with van der Waals surface area (Å²) < 4.78 is 10.4. The van der Waals surface area contributed by atoms with Crippen molar-refractivity contribution in [2.45, 2.75) is 45.4 Å². The second-order valence-corrected chi connectivity index (χ2v) is 3.81. The summed E-state index contributed by atoms with van der Waals surface area (Å²) in [6, 6.07) is 0.664. The summed E-state index contributed by atoms with van der Waals surface area (Å²) in [5, 5.41) is 7.15. The van der Waals surface area contributed by atoms with Crippen molar-refractivity contribution < 1.29 is 9.26 Å². The van der Waals surface area contributed by atoms with E-state index in [2.05, 4.69) is 22.4 Å². The molecule has 1 heterocycles. The van der Waals surface area contributed by atoms with Gasteiger partial charge in [0.1, 0.15) is 6.61 Å². The summed E-state index contributed by atoms with van der Waals surface area (Å²) >= 11 is 0. The second-order valence-electron chi connectivity index (χ2n) is 3.81. The van der Waals surface area contributed by atoms with Gasteiger partial charge in [-0.3, -0.25) is 0 Å². The first-order chi connectivity index (χ1) is 7.38. The van der Waals surface area contributed by atoms with E-state index in [4.69, 9.17) is 9.26 Å². The summed E-state index contributed by atoms with van der Waals surface area (Å²) in [6.45, 7) is 3.93. The lowest BCUT2D eigenvalue weighted by atomic mass is 10.5. The molecular weight excluding hydrogens is 194 g/mol. The van der Waals surface area contributed by atoms with Gasteiger partial charge in [0.25, 0.3) is 0 Å². The predicted molar refractivity (Wildman–Crippen MR) is 54.1 cm³/mol. The van der Waals surface area contributed by atoms with Crippen LogP contribution in [0.3, 0.4) is 0 Å². The zero-order valence-electron chi connectivity index (χ0n) is 9.03. The van der Waals surface area contributed by atoms with Gasteiger partial charge in [0.05, 0.1) is 6.54 Å². The minimum Gasteiger partial charge on any atom is -0.373 e. The first-order valence-electron chi connectivity index (χ1n) is 5.51. The Bertz CT molecular complexity index is 297. The molecule has 15 heavy (non-hydrogen) atoms. The highest BCUT2D eigenvalue weighted by Crippen LogP contribution is 2.18. The molecule has 2 rings (SSSR count). The van der Waals surface area contributed by atoms with E-state index >= 15 is 0 Å². The highest BCUT2D eigenvalue weighted by molar-refractivity contribution is 4.87. The molecule has 0 spiro atoms. The third kappa shape index (κ3) is 3.60. The topological polar surface area (TPSA) is 60.2 Å². The molecule has 0 aliphatic heterocycles. The van der Waals surface area contributed by atoms with E-state index < -0.39 is 0 Å². The van der Waals surface area contributed by atoms with Crippen molar-refractivity contribution in [1.82, 2.24) is 15.5 Å². The molecule has 5 heteroatoms. The fourth-order valence-corrected chi connectivity index (χ4v) is 1.25. The van der Waals surface area contributed by atoms with Crippen molar-refractivity contribution in [1.29, 1.82) is 0 Å². The second kappa shape index (κ2) is 5.23. The number of hydrogen-bond donors (Lipinski definition) is 1. The molecule has 0 saturated heterocycles. The van der Waals surface area contributed by atoms with Crippen molar-refractivity contribution in [3.8, 4) is 0 Å². The largest absolute Gasteiger partial charge is 0.373 e. The summed E-state index contributed by atoms with van der Waals surface area (Å²) in [6.07, 6.45) is 3.54. The standard InChI is InChI=1S/C10H17N3O2/c1-2-5-14-7-9-12-10(15-13-9)6-11-8-3-4-8/h8,11H,2-7H2,1H3. The van der Waals surface area contributed by atoms with Crippen molar-refractivity contribution in [3.63, 3.8) is 0 Å². The zero-order chi connectivity index (χ0) is 10.5. The molecule has 1 saturated carbocycles. The van der Waals surface area contributed by atoms with Gasteiger partial charge in [-0.1, -0.05) is 12.1 Å². The van der Waals surface area contributed by atoms with Crippen LogP contribution in [-0.4, -0.2) is 22.8 Å². The molecule has 0 unspecified atom stereocenters. The molecule has 0 amide bonds. The Balaban J connectivity index is 1.70. The summed E-state index contributed by atoms with van der Waals surface area (Å²) in [7, 11) is 0. The molecule has 1 N–H and O–H groups in total. The van der Waals surface area contributed by atoms with Crippen molar-refractivity contribution in [2.24, 2.45) is 0 Å². The van der Waals surface area contributed by atoms with E-state index in [1.54, 1.807) is 0 Å². The first-order valence-corrected chi connectivity index (χ1v) is 5.51. The number of hydrogen-bond acceptors (Lipinski definition) is 5. The van der Waals surface area contributed by atoms with Crippen LogP contribution in [0, 0.1) is 0 Å². The van der Waals surface area contributed by atoms with Crippen LogP contribution >= 0.6 is 0 Å². The van der Waals surface area contributed by atoms with E-state index in [9.17, 15) is 0 Å². The van der Waals surface area contributed by atoms with Crippen LogP contribution in [0.1, 0.15) is 37.9 Å². The van der Waals surface area contributed by atoms with Gasteiger partial charge in [0, 0.05) is 12.6 Å². The molecule has 5 nitrogen and oxygen atoms in total. The van der Waals surface area contributed by atoms with Gasteiger partial charge in [-0.05, 0) is 19.3 Å². The van der Waals surface area contributed by atoms with Crippen molar-refractivity contribution in [2.75, 3.05) is 6.61 Å². The lowest BCUT2D eigenvalue weighted by molar-refractivity contribution is 0.114. The van der Waals surface area contributed by atoms with Crippen LogP contribution in [0.5, 0.6) is 0 Å². The normalized spacial score (nSPS) is 15.8. The van der Waals surface area contributed by atoms with E-state index in [1.165, 1.54) is 12.8 Å². The van der Waals surface area contributed by atoms with Crippen LogP contribution in [-0.2, 0) is 17.9 Å². The lowest BCUT2D eigenvalue weighted by Gasteiger charge is -1.96. The number of nitrogens with one attached hydrogen (secondary N) is 1. The molecule has 0 radical (unpaired) electrons. The smallest absolute Gasteiger partial charge is 0.240 e. The van der Waals surface area contributed by atoms with E-state index in [1.807, 2.05) is 0 Å². The molecule has 0 atom stereocenters. The van der Waals surface area contributed by atoms with Gasteiger partial charge >= 0.3 is 0 Å². The van der Waals surface area contributed by atoms with E-state index in [0.717, 1.165) is 13.0 Å². The summed E-state index contributed by atoms with van der Waals surface area (Å²) in [4.78, 5) is 4.22. The van der Waals surface area contributed by atoms with Gasteiger partial charge in [-0.2, -0.15) is 4.98 Å². The predicted octanol–water partition coefficient (Wildman–Crippen LogP) is 1.25. The fraction of sp³-hybridized carbons (Fsp3) is 0.800. The highest BCUT2D eigenvalue weighted by atomic mass is 16.5. The molecule has 0 aromatic carbocycles. The van der Waals surface area contributed by atoms with Gasteiger partial charge in [0.15, 0.2) is 5.82 Å². The first kappa shape index (κ1) is 10.6. The Hall–Kier alpha value is -0.940. The van der Waals surface area contributed by atoms with Crippen LogP contribution in [0.25, 0.3) is 0 Å². The highest BCUT2D eigenvalue weighted by Gasteiger charge is 2.21. The maximum atomic E-state index is 5.31. The lowest BCUT2D eigenvalue weighted by Crippen LogP contribution is -2.15. The molecular formula is C10H17N3O2. The number of rotatable bonds is 7. The molecule has 1 aliphatic rings. The van der Waals surface area contributed by atoms with Gasteiger partial charge in [0.2, 0.25) is 5.89 Å². The van der Waals surface area contributed by atoms with Gasteiger partial charge in [-0.15, -0.1) is 0 Å². The summed E-state index contributed by atoms with van der Waals surface area (Å²) in [5.74, 6) is 1.29. The monoisotopic (exact) mass is 211 g/mol. The number of ether oxygens (including phenoxy) is 1. The summed E-state index contributed by atoms with van der Waals surface area (Å²) in [5.41, 5.74) is 0. The Labute approximate surface area is 89.2 Å². The van der Waals surface area contributed by atoms with Crippen LogP contribution in [0.2, 0.25) is 0 Å². The minimum absolute atomic E-state index is 0.445. The fourth-order valence-electron chi connectivity index (χ4n) is 1.25. The molecule has 1 aromatic heterocycles. The third-order valence-electron chi connectivity index (χ3n) is 2.21. The minimum atomic E-state index is 0.445. The van der Waals surface area contributed by atoms with Crippen LogP contribution in [0.4, 0.5) is 0 Å². The molecule has 0 bridgehead atoms. The molecule has 84 valence electrons. The van der Waals surface area contributed by atoms with Crippen molar-refractivity contribution >= 4 is 0 Å². The Morgan fingerprint density at radius 2 is 2.40 bits per heavy atom. The molecule has 1 aromatic rings. The van der Waals surface area contributed by atoms with Crippen LogP contribution in [0.15, 0.2) is 4.52 Å². The van der Waals surface area contributed by atoms with E-state index in [0.29, 0.717) is 30.9 Å². The maximum Gasteiger partial charge on any atom is 0.240 e. The molecule has 1 aliphatic carbocycles. The van der Waals surface area contributed by atoms with Gasteiger partial charge in [-0.25, -0.2) is 0 Å². The maximum absolute atomic E-state index is 5.31. The van der Waals surface area contributed by atoms with E-state index in [-0.39, 0.29) is 0 Å². The van der Waals surface area contributed by atoms with Crippen molar-refractivity contribution in [3.05, 3.63) is 11.7 Å². The Kier molecular flexibility index (Phi) is 3.69. The Morgan fingerprint density at radius 3 is 3.13 bits per heavy atom. The third-order valence-corrected chi connectivity index (χ3v) is 2.21. The SMILES string of the molecule is CCCOCc1noc(CNC2CC2)n1.